The molecule has 3 heteroatoms. The quantitative estimate of drug-likeness (QED) is 0.573. The summed E-state index contributed by atoms with van der Waals surface area (Å²) in [6.07, 6.45) is 0. The van der Waals surface area contributed by atoms with Crippen LogP contribution < -0.4 is 0 Å². The molecule has 0 amide bonds. The summed E-state index contributed by atoms with van der Waals surface area (Å²) in [5.74, 6) is 0.553. The monoisotopic (exact) mass is 163 g/mol. The van der Waals surface area contributed by atoms with Gasteiger partial charge in [-0.15, -0.1) is 11.8 Å². The van der Waals surface area contributed by atoms with Gasteiger partial charge in [-0.1, -0.05) is 30.8 Å². The highest BCUT2D eigenvalue weighted by atomic mass is 32.2. The standard InChI is InChI=1S/C8H13B2S/c1-5-11-8(10-9)7(4)6(2)3/h5-6H,1H2,2-4H3/b8-7+. The molecule has 0 aromatic carbocycles. The first-order chi connectivity index (χ1) is 5.13. The Morgan fingerprint density at radius 2 is 2.18 bits per heavy atom. The van der Waals surface area contributed by atoms with Gasteiger partial charge in [0.15, 0.2) is 0 Å². The van der Waals surface area contributed by atoms with Gasteiger partial charge in [0.25, 0.3) is 0 Å². The van der Waals surface area contributed by atoms with E-state index in [1.807, 2.05) is 0 Å². The van der Waals surface area contributed by atoms with Crippen LogP contribution in [0.5, 0.6) is 0 Å². The summed E-state index contributed by atoms with van der Waals surface area (Å²) in [4.78, 5) is 1.12. The second-order valence-corrected chi connectivity index (χ2v) is 3.66. The first-order valence-electron chi connectivity index (χ1n) is 3.66. The number of thioether (sulfide) groups is 1. The summed E-state index contributed by atoms with van der Waals surface area (Å²) >= 11 is 1.58. The molecule has 0 nitrogen and oxygen atoms in total. The van der Waals surface area contributed by atoms with Crippen LogP contribution in [-0.2, 0) is 0 Å². The van der Waals surface area contributed by atoms with E-state index in [0.717, 1.165) is 4.80 Å². The molecular weight excluding hydrogens is 150 g/mol. The van der Waals surface area contributed by atoms with E-state index < -0.39 is 0 Å². The Morgan fingerprint density at radius 1 is 1.64 bits per heavy atom. The Labute approximate surface area is 76.2 Å². The predicted octanol–water partition coefficient (Wildman–Crippen LogP) is 2.54. The highest BCUT2D eigenvalue weighted by Gasteiger charge is 2.02. The lowest BCUT2D eigenvalue weighted by atomic mass is 9.54. The van der Waals surface area contributed by atoms with Crippen molar-refractivity contribution in [3.63, 3.8) is 0 Å². The van der Waals surface area contributed by atoms with E-state index in [-0.39, 0.29) is 0 Å². The molecule has 0 rings (SSSR count). The lowest BCUT2D eigenvalue weighted by Gasteiger charge is -2.11. The zero-order valence-electron chi connectivity index (χ0n) is 7.42. The zero-order chi connectivity index (χ0) is 8.85. The molecule has 57 valence electrons. The molecule has 0 heterocycles. The number of hydrogen-bond donors (Lipinski definition) is 0. The average molecular weight is 163 g/mol. The minimum atomic E-state index is 0.553. The second kappa shape index (κ2) is 5.59. The molecule has 0 aromatic heterocycles. The first-order valence-corrected chi connectivity index (χ1v) is 4.54. The van der Waals surface area contributed by atoms with Gasteiger partial charge in [-0.2, -0.15) is 0 Å². The molecule has 11 heavy (non-hydrogen) atoms. The van der Waals surface area contributed by atoms with Crippen LogP contribution in [0.1, 0.15) is 20.8 Å². The molecule has 0 saturated carbocycles. The Bertz CT molecular complexity index is 161. The Balaban J connectivity index is 4.38. The molecule has 0 aromatic rings. The SMILES string of the molecule is [B][B]/C(SC=C)=C(/C)C(C)C. The first kappa shape index (κ1) is 11.0. The number of hydrogen-bond acceptors (Lipinski definition) is 1. The molecule has 0 atom stereocenters. The molecule has 0 aliphatic rings. The Kier molecular flexibility index (Phi) is 5.57. The molecule has 0 saturated heterocycles. The minimum Gasteiger partial charge on any atom is -0.115 e. The fourth-order valence-corrected chi connectivity index (χ4v) is 1.32. The lowest BCUT2D eigenvalue weighted by Crippen LogP contribution is -1.99. The van der Waals surface area contributed by atoms with Gasteiger partial charge in [0.2, 0.25) is 0 Å². The van der Waals surface area contributed by atoms with Crippen LogP contribution in [0.15, 0.2) is 22.4 Å². The third kappa shape index (κ3) is 3.76. The maximum Gasteiger partial charge on any atom is 0.105 e. The van der Waals surface area contributed by atoms with Crippen molar-refractivity contribution >= 4 is 26.7 Å². The fraction of sp³-hybridized carbons (Fsp3) is 0.500. The molecule has 0 aliphatic heterocycles. The molecule has 0 bridgehead atoms. The molecule has 0 unspecified atom stereocenters. The molecular formula is C8H13B2S. The summed E-state index contributed by atoms with van der Waals surface area (Å²) in [7, 11) is 7.09. The van der Waals surface area contributed by atoms with Gasteiger partial charge in [-0.05, 0) is 18.2 Å². The lowest BCUT2D eigenvalue weighted by molar-refractivity contribution is 0.770. The number of allylic oxidation sites excluding steroid dienone is 1. The average Bonchev–Trinajstić information content (AvgIpc) is 1.98. The van der Waals surface area contributed by atoms with E-state index in [9.17, 15) is 0 Å². The molecule has 0 spiro atoms. The van der Waals surface area contributed by atoms with Crippen molar-refractivity contribution in [1.82, 2.24) is 0 Å². The Hall–Kier alpha value is -0.0401. The van der Waals surface area contributed by atoms with Crippen molar-refractivity contribution in [1.29, 1.82) is 0 Å². The third-order valence-electron chi connectivity index (χ3n) is 1.62. The maximum absolute atomic E-state index is 5.45. The van der Waals surface area contributed by atoms with Crippen molar-refractivity contribution < 1.29 is 0 Å². The Morgan fingerprint density at radius 3 is 2.45 bits per heavy atom. The summed E-state index contributed by atoms with van der Waals surface area (Å²) in [5, 5.41) is 1.80. The van der Waals surface area contributed by atoms with Crippen LogP contribution in [0.2, 0.25) is 0 Å². The van der Waals surface area contributed by atoms with Gasteiger partial charge in [-0.3, -0.25) is 0 Å². The normalized spacial score (nSPS) is 12.7. The second-order valence-electron chi connectivity index (χ2n) is 2.65. The van der Waals surface area contributed by atoms with Crippen molar-refractivity contribution in [2.24, 2.45) is 5.92 Å². The van der Waals surface area contributed by atoms with Gasteiger partial charge in [0, 0.05) is 7.74 Å². The van der Waals surface area contributed by atoms with Crippen molar-refractivity contribution in [3.8, 4) is 0 Å². The summed E-state index contributed by atoms with van der Waals surface area (Å²) in [5.41, 5.74) is 1.32. The highest BCUT2D eigenvalue weighted by molar-refractivity contribution is 8.07. The van der Waals surface area contributed by atoms with E-state index in [0.29, 0.717) is 5.92 Å². The van der Waals surface area contributed by atoms with Crippen LogP contribution >= 0.6 is 11.8 Å². The molecule has 3 radical (unpaired) electrons. The van der Waals surface area contributed by atoms with E-state index >= 15 is 0 Å². The van der Waals surface area contributed by atoms with E-state index in [4.69, 9.17) is 7.74 Å². The molecule has 0 aliphatic carbocycles. The van der Waals surface area contributed by atoms with Gasteiger partial charge in [0.05, 0.1) is 0 Å². The van der Waals surface area contributed by atoms with E-state index in [1.54, 1.807) is 24.3 Å². The summed E-state index contributed by atoms with van der Waals surface area (Å²) < 4.78 is 0. The molecule has 0 N–H and O–H groups in total. The highest BCUT2D eigenvalue weighted by Crippen LogP contribution is 2.23. The van der Waals surface area contributed by atoms with Gasteiger partial charge in [0.1, 0.15) is 7.17 Å². The third-order valence-corrected chi connectivity index (χ3v) is 2.50. The van der Waals surface area contributed by atoms with Crippen LogP contribution in [0.3, 0.4) is 0 Å². The maximum atomic E-state index is 5.45. The van der Waals surface area contributed by atoms with Crippen LogP contribution in [0.4, 0.5) is 0 Å². The summed E-state index contributed by atoms with van der Waals surface area (Å²) in [6.45, 7) is 10.1. The largest absolute Gasteiger partial charge is 0.115 e. The van der Waals surface area contributed by atoms with Crippen LogP contribution in [-0.4, -0.2) is 14.9 Å². The number of rotatable bonds is 4. The minimum absolute atomic E-state index is 0.553. The predicted molar refractivity (Wildman–Crippen MR) is 56.8 cm³/mol. The van der Waals surface area contributed by atoms with Crippen molar-refractivity contribution in [2.45, 2.75) is 20.8 Å². The van der Waals surface area contributed by atoms with Crippen LogP contribution in [0, 0.1) is 5.92 Å². The summed E-state index contributed by atoms with van der Waals surface area (Å²) in [6, 6.07) is 0. The molecule has 0 fully saturated rings. The van der Waals surface area contributed by atoms with Gasteiger partial charge >= 0.3 is 0 Å². The zero-order valence-corrected chi connectivity index (χ0v) is 8.24. The smallest absolute Gasteiger partial charge is 0.105 e. The van der Waals surface area contributed by atoms with E-state index in [2.05, 4.69) is 27.4 Å². The topological polar surface area (TPSA) is 0 Å². The van der Waals surface area contributed by atoms with Gasteiger partial charge < -0.3 is 0 Å². The van der Waals surface area contributed by atoms with E-state index in [1.165, 1.54) is 5.57 Å². The fourth-order valence-electron chi connectivity index (χ4n) is 0.638. The van der Waals surface area contributed by atoms with Crippen molar-refractivity contribution in [2.75, 3.05) is 0 Å². The van der Waals surface area contributed by atoms with Gasteiger partial charge in [-0.25, -0.2) is 0 Å². The van der Waals surface area contributed by atoms with Crippen LogP contribution in [0.25, 0.3) is 0 Å². The van der Waals surface area contributed by atoms with Crippen molar-refractivity contribution in [3.05, 3.63) is 22.4 Å².